The predicted octanol–water partition coefficient (Wildman–Crippen LogP) is 3.65. The molecule has 0 saturated heterocycles. The highest BCUT2D eigenvalue weighted by Gasteiger charge is 2.11. The number of nitro groups is 1. The summed E-state index contributed by atoms with van der Waals surface area (Å²) in [5.74, 6) is -0.298. The number of hydrogen-bond acceptors (Lipinski definition) is 4. The van der Waals surface area contributed by atoms with Crippen LogP contribution >= 0.6 is 11.6 Å². The summed E-state index contributed by atoms with van der Waals surface area (Å²) in [6.45, 7) is 0.141. The van der Waals surface area contributed by atoms with Gasteiger partial charge in [0.25, 0.3) is 5.69 Å². The maximum atomic E-state index is 11.9. The minimum absolute atomic E-state index is 0.112. The van der Waals surface area contributed by atoms with Crippen LogP contribution in [0.3, 0.4) is 0 Å². The molecule has 0 unspecified atom stereocenters. The van der Waals surface area contributed by atoms with Gasteiger partial charge in [0.1, 0.15) is 6.61 Å². The third kappa shape index (κ3) is 4.37. The number of Topliss-reactive ketones (excluding diaryl/α,β-unsaturated/α-hetero) is 1. The molecule has 5 nitrogen and oxygen atoms in total. The maximum absolute atomic E-state index is 11.9. The average molecular weight is 306 g/mol. The first-order chi connectivity index (χ1) is 10.1. The summed E-state index contributed by atoms with van der Waals surface area (Å²) in [6, 6.07) is 12.7. The van der Waals surface area contributed by atoms with Gasteiger partial charge < -0.3 is 4.74 Å². The molecule has 2 rings (SSSR count). The fourth-order valence-corrected chi connectivity index (χ4v) is 1.84. The number of ketones is 1. The molecule has 0 atom stereocenters. The average Bonchev–Trinajstić information content (AvgIpc) is 2.49. The lowest BCUT2D eigenvalue weighted by molar-refractivity contribution is -0.384. The molecule has 0 bridgehead atoms. The molecule has 0 fully saturated rings. The second kappa shape index (κ2) is 6.97. The van der Waals surface area contributed by atoms with Crippen LogP contribution in [0.1, 0.15) is 15.9 Å². The quantitative estimate of drug-likeness (QED) is 0.464. The van der Waals surface area contributed by atoms with E-state index in [4.69, 9.17) is 16.3 Å². The smallest absolute Gasteiger partial charge is 0.270 e. The van der Waals surface area contributed by atoms with Gasteiger partial charge in [-0.1, -0.05) is 35.9 Å². The molecule has 0 aliphatic heterocycles. The summed E-state index contributed by atoms with van der Waals surface area (Å²) in [7, 11) is 0. The van der Waals surface area contributed by atoms with Gasteiger partial charge in [0.05, 0.1) is 11.5 Å². The largest absolute Gasteiger partial charge is 0.369 e. The standard InChI is InChI=1S/C15H12ClNO4/c16-13-6-4-11(5-7-13)9-21-10-15(18)12-2-1-3-14(8-12)17(19)20/h1-8H,9-10H2. The second-order valence-corrected chi connectivity index (χ2v) is 4.79. The summed E-state index contributed by atoms with van der Waals surface area (Å²) in [6.07, 6.45) is 0. The molecule has 0 radical (unpaired) electrons. The first kappa shape index (κ1) is 15.2. The van der Waals surface area contributed by atoms with E-state index in [2.05, 4.69) is 0 Å². The second-order valence-electron chi connectivity index (χ2n) is 4.35. The van der Waals surface area contributed by atoms with E-state index in [0.717, 1.165) is 5.56 Å². The first-order valence-electron chi connectivity index (χ1n) is 6.16. The molecular weight excluding hydrogens is 294 g/mol. The van der Waals surface area contributed by atoms with E-state index in [1.807, 2.05) is 0 Å². The lowest BCUT2D eigenvalue weighted by atomic mass is 10.1. The van der Waals surface area contributed by atoms with Crippen LogP contribution in [0.5, 0.6) is 0 Å². The van der Waals surface area contributed by atoms with Gasteiger partial charge in [0.15, 0.2) is 5.78 Å². The molecule has 21 heavy (non-hydrogen) atoms. The highest BCUT2D eigenvalue weighted by Crippen LogP contribution is 2.14. The fraction of sp³-hybridized carbons (Fsp3) is 0.133. The molecule has 108 valence electrons. The summed E-state index contributed by atoms with van der Waals surface area (Å²) in [5.41, 5.74) is 1.05. The zero-order chi connectivity index (χ0) is 15.2. The number of benzene rings is 2. The summed E-state index contributed by atoms with van der Waals surface area (Å²) >= 11 is 5.77. The van der Waals surface area contributed by atoms with E-state index in [0.29, 0.717) is 5.02 Å². The van der Waals surface area contributed by atoms with E-state index in [-0.39, 0.29) is 30.2 Å². The van der Waals surface area contributed by atoms with Crippen molar-refractivity contribution in [3.8, 4) is 0 Å². The van der Waals surface area contributed by atoms with Gasteiger partial charge in [-0.05, 0) is 17.7 Å². The van der Waals surface area contributed by atoms with Gasteiger partial charge in [-0.25, -0.2) is 0 Å². The number of rotatable bonds is 6. The molecule has 0 saturated carbocycles. The lowest BCUT2D eigenvalue weighted by Gasteiger charge is -2.04. The Morgan fingerprint density at radius 3 is 2.57 bits per heavy atom. The molecule has 0 aliphatic rings. The zero-order valence-corrected chi connectivity index (χ0v) is 11.7. The molecule has 0 heterocycles. The first-order valence-corrected chi connectivity index (χ1v) is 6.54. The van der Waals surface area contributed by atoms with Crippen LogP contribution in [0.4, 0.5) is 5.69 Å². The van der Waals surface area contributed by atoms with Crippen LogP contribution in [0, 0.1) is 10.1 Å². The number of non-ortho nitro benzene ring substituents is 1. The fourth-order valence-electron chi connectivity index (χ4n) is 1.72. The number of ether oxygens (including phenoxy) is 1. The van der Waals surface area contributed by atoms with Crippen molar-refractivity contribution in [3.63, 3.8) is 0 Å². The predicted molar refractivity (Wildman–Crippen MR) is 78.5 cm³/mol. The van der Waals surface area contributed by atoms with Gasteiger partial charge in [0.2, 0.25) is 0 Å². The monoisotopic (exact) mass is 305 g/mol. The van der Waals surface area contributed by atoms with Crippen molar-refractivity contribution >= 4 is 23.1 Å². The Morgan fingerprint density at radius 1 is 1.19 bits per heavy atom. The van der Waals surface area contributed by atoms with Crippen LogP contribution in [-0.2, 0) is 11.3 Å². The Kier molecular flexibility index (Phi) is 5.03. The number of nitro benzene ring substituents is 1. The van der Waals surface area contributed by atoms with Gasteiger partial charge in [-0.15, -0.1) is 0 Å². The summed E-state index contributed by atoms with van der Waals surface area (Å²) < 4.78 is 5.31. The molecule has 0 N–H and O–H groups in total. The topological polar surface area (TPSA) is 69.4 Å². The van der Waals surface area contributed by atoms with Crippen molar-refractivity contribution in [3.05, 3.63) is 74.8 Å². The third-order valence-electron chi connectivity index (χ3n) is 2.79. The summed E-state index contributed by atoms with van der Waals surface area (Å²) in [4.78, 5) is 22.0. The third-order valence-corrected chi connectivity index (χ3v) is 3.05. The summed E-state index contributed by atoms with van der Waals surface area (Å²) in [5, 5.41) is 11.3. The maximum Gasteiger partial charge on any atom is 0.270 e. The van der Waals surface area contributed by atoms with Crippen molar-refractivity contribution in [2.24, 2.45) is 0 Å². The van der Waals surface area contributed by atoms with Crippen LogP contribution in [0.2, 0.25) is 5.02 Å². The van der Waals surface area contributed by atoms with Crippen LogP contribution < -0.4 is 0 Å². The van der Waals surface area contributed by atoms with Crippen molar-refractivity contribution < 1.29 is 14.5 Å². The van der Waals surface area contributed by atoms with Crippen LogP contribution in [0.25, 0.3) is 0 Å². The minimum atomic E-state index is -0.536. The number of carbonyl (C=O) groups is 1. The zero-order valence-electron chi connectivity index (χ0n) is 11.0. The Morgan fingerprint density at radius 2 is 1.90 bits per heavy atom. The Hall–Kier alpha value is -2.24. The minimum Gasteiger partial charge on any atom is -0.369 e. The highest BCUT2D eigenvalue weighted by atomic mass is 35.5. The number of carbonyl (C=O) groups excluding carboxylic acids is 1. The number of nitrogens with zero attached hydrogens (tertiary/aromatic N) is 1. The Labute approximate surface area is 126 Å². The lowest BCUT2D eigenvalue weighted by Crippen LogP contribution is -2.09. The molecule has 0 amide bonds. The molecule has 2 aromatic rings. The molecule has 0 aromatic heterocycles. The van der Waals surface area contributed by atoms with E-state index in [1.165, 1.54) is 24.3 Å². The van der Waals surface area contributed by atoms with Gasteiger partial charge >= 0.3 is 0 Å². The van der Waals surface area contributed by atoms with Gasteiger partial charge in [0, 0.05) is 22.7 Å². The van der Waals surface area contributed by atoms with Crippen LogP contribution in [0.15, 0.2) is 48.5 Å². The van der Waals surface area contributed by atoms with E-state index < -0.39 is 4.92 Å². The molecule has 2 aromatic carbocycles. The molecule has 0 aliphatic carbocycles. The van der Waals surface area contributed by atoms with E-state index in [1.54, 1.807) is 24.3 Å². The normalized spacial score (nSPS) is 10.3. The molecule has 6 heteroatoms. The van der Waals surface area contributed by atoms with Crippen molar-refractivity contribution in [2.75, 3.05) is 6.61 Å². The van der Waals surface area contributed by atoms with E-state index >= 15 is 0 Å². The van der Waals surface area contributed by atoms with Crippen molar-refractivity contribution in [1.82, 2.24) is 0 Å². The van der Waals surface area contributed by atoms with Gasteiger partial charge in [-0.2, -0.15) is 0 Å². The number of halogens is 1. The highest BCUT2D eigenvalue weighted by molar-refractivity contribution is 6.30. The Balaban J connectivity index is 1.91. The molecule has 0 spiro atoms. The van der Waals surface area contributed by atoms with Crippen LogP contribution in [-0.4, -0.2) is 17.3 Å². The Bertz CT molecular complexity index is 655. The van der Waals surface area contributed by atoms with Gasteiger partial charge in [-0.3, -0.25) is 14.9 Å². The van der Waals surface area contributed by atoms with Crippen molar-refractivity contribution in [2.45, 2.75) is 6.61 Å². The SMILES string of the molecule is O=C(COCc1ccc(Cl)cc1)c1cccc([N+](=O)[O-])c1. The molecular formula is C15H12ClNO4. The number of hydrogen-bond donors (Lipinski definition) is 0. The van der Waals surface area contributed by atoms with E-state index in [9.17, 15) is 14.9 Å². The van der Waals surface area contributed by atoms with Crippen molar-refractivity contribution in [1.29, 1.82) is 0 Å².